The molecule has 0 fully saturated rings. The molecule has 2 heterocycles. The minimum Gasteiger partial charge on any atom is -0.321 e. The molecule has 2 N–H and O–H groups in total. The summed E-state index contributed by atoms with van der Waals surface area (Å²) in [6.45, 7) is 0. The highest BCUT2D eigenvalue weighted by atomic mass is 35.5. The van der Waals surface area contributed by atoms with E-state index in [-0.39, 0.29) is 5.91 Å². The fourth-order valence-corrected chi connectivity index (χ4v) is 2.83. The summed E-state index contributed by atoms with van der Waals surface area (Å²) in [5.41, 5.74) is 2.67. The van der Waals surface area contributed by atoms with Crippen molar-refractivity contribution in [2.24, 2.45) is 0 Å². The molecule has 0 spiro atoms. The Labute approximate surface area is 124 Å². The summed E-state index contributed by atoms with van der Waals surface area (Å²) in [6, 6.07) is 11.1. The summed E-state index contributed by atoms with van der Waals surface area (Å²) in [5.74, 6) is -0.195. The second-order valence-corrected chi connectivity index (χ2v) is 5.42. The smallest absolute Gasteiger partial charge is 0.267 e. The zero-order valence-corrected chi connectivity index (χ0v) is 11.8. The summed E-state index contributed by atoms with van der Waals surface area (Å²) in [6.07, 6.45) is 1.70. The molecule has 2 aromatic heterocycles. The Kier molecular flexibility index (Phi) is 3.54. The Morgan fingerprint density at radius 1 is 1.20 bits per heavy atom. The number of nitrogens with one attached hydrogen (secondary N) is 2. The van der Waals surface area contributed by atoms with Crippen molar-refractivity contribution in [3.05, 3.63) is 57.9 Å². The molecule has 0 radical (unpaired) electrons. The first-order valence-corrected chi connectivity index (χ1v) is 7.14. The third-order valence-electron chi connectivity index (χ3n) is 2.78. The fraction of sp³-hybridized carbons (Fsp3) is 0. The quantitative estimate of drug-likeness (QED) is 0.767. The molecular formula is C14H10ClN3OS. The molecule has 0 unspecified atom stereocenters. The van der Waals surface area contributed by atoms with E-state index < -0.39 is 0 Å². The van der Waals surface area contributed by atoms with E-state index in [4.69, 9.17) is 11.6 Å². The van der Waals surface area contributed by atoms with Crippen LogP contribution >= 0.6 is 22.9 Å². The molecule has 0 bridgehead atoms. The Hall–Kier alpha value is -2.11. The second kappa shape index (κ2) is 5.48. The number of carbonyl (C=O) groups excluding carboxylic acids is 1. The van der Waals surface area contributed by atoms with E-state index >= 15 is 0 Å². The standard InChI is InChI=1S/C14H10ClN3OS/c15-11-6-8-20-13(11)14(19)17-10-3-1-9(2-4-10)12-5-7-16-18-12/h1-8H,(H,16,18)(H,17,19). The predicted octanol–water partition coefficient (Wildman–Crippen LogP) is 4.04. The molecular weight excluding hydrogens is 294 g/mol. The lowest BCUT2D eigenvalue weighted by Gasteiger charge is -2.05. The number of amides is 1. The van der Waals surface area contributed by atoms with Crippen LogP contribution in [0.3, 0.4) is 0 Å². The second-order valence-electron chi connectivity index (χ2n) is 4.10. The lowest BCUT2D eigenvalue weighted by Crippen LogP contribution is -2.10. The van der Waals surface area contributed by atoms with Crippen LogP contribution in [0, 0.1) is 0 Å². The first kappa shape index (κ1) is 12.9. The van der Waals surface area contributed by atoms with Gasteiger partial charge in [-0.15, -0.1) is 11.3 Å². The average molecular weight is 304 g/mol. The lowest BCUT2D eigenvalue weighted by atomic mass is 10.1. The van der Waals surface area contributed by atoms with Crippen LogP contribution in [0.1, 0.15) is 9.67 Å². The highest BCUT2D eigenvalue weighted by Crippen LogP contribution is 2.24. The van der Waals surface area contributed by atoms with Crippen LogP contribution in [0.5, 0.6) is 0 Å². The van der Waals surface area contributed by atoms with E-state index in [1.807, 2.05) is 30.3 Å². The van der Waals surface area contributed by atoms with Crippen LogP contribution in [0.2, 0.25) is 5.02 Å². The molecule has 4 nitrogen and oxygen atoms in total. The Bertz CT molecular complexity index is 719. The van der Waals surface area contributed by atoms with Gasteiger partial charge in [0.05, 0.1) is 10.7 Å². The van der Waals surface area contributed by atoms with Crippen molar-refractivity contribution in [3.8, 4) is 11.3 Å². The molecule has 1 amide bonds. The lowest BCUT2D eigenvalue weighted by molar-refractivity contribution is 0.103. The molecule has 3 rings (SSSR count). The number of rotatable bonds is 3. The molecule has 0 saturated heterocycles. The van der Waals surface area contributed by atoms with Gasteiger partial charge >= 0.3 is 0 Å². The summed E-state index contributed by atoms with van der Waals surface area (Å²) in [5, 5.41) is 11.9. The summed E-state index contributed by atoms with van der Waals surface area (Å²) in [4.78, 5) is 12.5. The number of carbonyl (C=O) groups is 1. The monoisotopic (exact) mass is 303 g/mol. The summed E-state index contributed by atoms with van der Waals surface area (Å²) in [7, 11) is 0. The number of thiophene rings is 1. The number of benzene rings is 1. The van der Waals surface area contributed by atoms with Crippen molar-refractivity contribution in [2.45, 2.75) is 0 Å². The zero-order valence-electron chi connectivity index (χ0n) is 10.3. The van der Waals surface area contributed by atoms with Crippen LogP contribution < -0.4 is 5.32 Å². The SMILES string of the molecule is O=C(Nc1ccc(-c2ccn[nH]2)cc1)c1sccc1Cl. The fourth-order valence-electron chi connectivity index (χ4n) is 1.79. The number of H-pyrrole nitrogens is 1. The van der Waals surface area contributed by atoms with Crippen molar-refractivity contribution in [3.63, 3.8) is 0 Å². The van der Waals surface area contributed by atoms with E-state index in [9.17, 15) is 4.79 Å². The van der Waals surface area contributed by atoms with Gasteiger partial charge in [-0.2, -0.15) is 5.10 Å². The van der Waals surface area contributed by atoms with E-state index in [1.54, 1.807) is 17.6 Å². The van der Waals surface area contributed by atoms with E-state index in [0.29, 0.717) is 9.90 Å². The molecule has 3 aromatic rings. The average Bonchev–Trinajstić information content (AvgIpc) is 3.10. The zero-order chi connectivity index (χ0) is 13.9. The Balaban J connectivity index is 1.76. The normalized spacial score (nSPS) is 10.4. The number of anilines is 1. The van der Waals surface area contributed by atoms with Crippen molar-refractivity contribution >= 4 is 34.5 Å². The molecule has 100 valence electrons. The van der Waals surface area contributed by atoms with Gasteiger partial charge in [0.2, 0.25) is 0 Å². The van der Waals surface area contributed by atoms with Gasteiger partial charge < -0.3 is 5.32 Å². The first-order valence-electron chi connectivity index (χ1n) is 5.88. The molecule has 0 aliphatic rings. The largest absolute Gasteiger partial charge is 0.321 e. The summed E-state index contributed by atoms with van der Waals surface area (Å²) < 4.78 is 0. The molecule has 0 atom stereocenters. The van der Waals surface area contributed by atoms with Gasteiger partial charge in [-0.1, -0.05) is 23.7 Å². The van der Waals surface area contributed by atoms with Crippen LogP contribution in [0.15, 0.2) is 48.0 Å². The number of hydrogen-bond acceptors (Lipinski definition) is 3. The first-order chi connectivity index (χ1) is 9.74. The van der Waals surface area contributed by atoms with E-state index in [1.165, 1.54) is 11.3 Å². The topological polar surface area (TPSA) is 57.8 Å². The molecule has 0 aliphatic carbocycles. The number of aromatic amines is 1. The van der Waals surface area contributed by atoms with Gasteiger partial charge in [0.25, 0.3) is 5.91 Å². The molecule has 1 aromatic carbocycles. The van der Waals surface area contributed by atoms with Crippen molar-refractivity contribution < 1.29 is 4.79 Å². The summed E-state index contributed by atoms with van der Waals surface area (Å²) >= 11 is 7.25. The van der Waals surface area contributed by atoms with Crippen LogP contribution in [-0.4, -0.2) is 16.1 Å². The minimum atomic E-state index is -0.195. The number of nitrogens with zero attached hydrogens (tertiary/aromatic N) is 1. The molecule has 0 saturated carbocycles. The predicted molar refractivity (Wildman–Crippen MR) is 81.3 cm³/mol. The Morgan fingerprint density at radius 3 is 2.60 bits per heavy atom. The van der Waals surface area contributed by atoms with Crippen molar-refractivity contribution in [1.82, 2.24) is 10.2 Å². The van der Waals surface area contributed by atoms with Crippen LogP contribution in [-0.2, 0) is 0 Å². The van der Waals surface area contributed by atoms with Gasteiger partial charge in [-0.3, -0.25) is 9.89 Å². The third-order valence-corrected chi connectivity index (χ3v) is 4.12. The van der Waals surface area contributed by atoms with Gasteiger partial charge in [-0.25, -0.2) is 0 Å². The van der Waals surface area contributed by atoms with Crippen molar-refractivity contribution in [2.75, 3.05) is 5.32 Å². The number of aromatic nitrogens is 2. The van der Waals surface area contributed by atoms with Gasteiger partial charge in [0.1, 0.15) is 4.88 Å². The van der Waals surface area contributed by atoms with Gasteiger partial charge in [-0.05, 0) is 35.2 Å². The van der Waals surface area contributed by atoms with Crippen LogP contribution in [0.4, 0.5) is 5.69 Å². The van der Waals surface area contributed by atoms with E-state index in [2.05, 4.69) is 15.5 Å². The maximum absolute atomic E-state index is 12.0. The molecule has 20 heavy (non-hydrogen) atoms. The number of hydrogen-bond donors (Lipinski definition) is 2. The van der Waals surface area contributed by atoms with E-state index in [0.717, 1.165) is 16.9 Å². The van der Waals surface area contributed by atoms with Gasteiger partial charge in [0, 0.05) is 11.9 Å². The highest BCUT2D eigenvalue weighted by molar-refractivity contribution is 7.12. The minimum absolute atomic E-state index is 0.195. The molecule has 0 aliphatic heterocycles. The van der Waals surface area contributed by atoms with Crippen LogP contribution in [0.25, 0.3) is 11.3 Å². The van der Waals surface area contributed by atoms with Gasteiger partial charge in [0.15, 0.2) is 0 Å². The molecule has 6 heteroatoms. The number of halogens is 1. The maximum atomic E-state index is 12.0. The maximum Gasteiger partial charge on any atom is 0.267 e. The highest BCUT2D eigenvalue weighted by Gasteiger charge is 2.11. The Morgan fingerprint density at radius 2 is 2.00 bits per heavy atom. The van der Waals surface area contributed by atoms with Crippen molar-refractivity contribution in [1.29, 1.82) is 0 Å². The third kappa shape index (κ3) is 2.59.